The van der Waals surface area contributed by atoms with Crippen LogP contribution in [0, 0.1) is 0 Å². The topological polar surface area (TPSA) is 26.3 Å². The molecule has 0 amide bonds. The third kappa shape index (κ3) is 2.43. The SMILES string of the molecule is O=C1C[C@@H](c2ccccc2Br)[C@H](c2ccccc2)O1. The Balaban J connectivity index is 2.00. The zero-order chi connectivity index (χ0) is 13.2. The molecule has 96 valence electrons. The summed E-state index contributed by atoms with van der Waals surface area (Å²) in [6.07, 6.45) is 0.245. The van der Waals surface area contributed by atoms with E-state index in [2.05, 4.69) is 15.9 Å². The number of esters is 1. The van der Waals surface area contributed by atoms with E-state index < -0.39 is 0 Å². The fourth-order valence-corrected chi connectivity index (χ4v) is 3.13. The van der Waals surface area contributed by atoms with Gasteiger partial charge in [-0.1, -0.05) is 64.5 Å². The largest absolute Gasteiger partial charge is 0.457 e. The molecule has 3 rings (SSSR count). The van der Waals surface area contributed by atoms with Crippen molar-refractivity contribution in [3.05, 3.63) is 70.2 Å². The Kier molecular flexibility index (Phi) is 3.38. The summed E-state index contributed by atoms with van der Waals surface area (Å²) in [5.41, 5.74) is 2.18. The Labute approximate surface area is 120 Å². The Morgan fingerprint density at radius 1 is 1.00 bits per heavy atom. The lowest BCUT2D eigenvalue weighted by Crippen LogP contribution is -2.06. The van der Waals surface area contributed by atoms with Crippen molar-refractivity contribution in [2.24, 2.45) is 0 Å². The fourth-order valence-electron chi connectivity index (χ4n) is 2.55. The minimum atomic E-state index is -0.188. The molecule has 1 fully saturated rings. The van der Waals surface area contributed by atoms with E-state index in [-0.39, 0.29) is 18.0 Å². The first-order valence-corrected chi connectivity index (χ1v) is 7.04. The van der Waals surface area contributed by atoms with Crippen LogP contribution >= 0.6 is 15.9 Å². The van der Waals surface area contributed by atoms with Gasteiger partial charge < -0.3 is 4.74 Å². The molecule has 0 aliphatic carbocycles. The van der Waals surface area contributed by atoms with Gasteiger partial charge in [-0.15, -0.1) is 0 Å². The van der Waals surface area contributed by atoms with Crippen molar-refractivity contribution in [2.45, 2.75) is 18.4 Å². The van der Waals surface area contributed by atoms with E-state index in [0.717, 1.165) is 15.6 Å². The van der Waals surface area contributed by atoms with Crippen molar-refractivity contribution < 1.29 is 9.53 Å². The molecule has 1 saturated heterocycles. The van der Waals surface area contributed by atoms with Crippen LogP contribution in [0.5, 0.6) is 0 Å². The third-order valence-corrected chi connectivity index (χ3v) is 4.17. The maximum absolute atomic E-state index is 11.7. The van der Waals surface area contributed by atoms with Crippen LogP contribution in [-0.2, 0) is 9.53 Å². The highest BCUT2D eigenvalue weighted by Crippen LogP contribution is 2.44. The molecule has 0 spiro atoms. The van der Waals surface area contributed by atoms with Gasteiger partial charge in [-0.05, 0) is 17.2 Å². The van der Waals surface area contributed by atoms with E-state index in [1.165, 1.54) is 0 Å². The highest BCUT2D eigenvalue weighted by Gasteiger charge is 2.37. The van der Waals surface area contributed by atoms with Gasteiger partial charge in [0.2, 0.25) is 0 Å². The molecule has 1 heterocycles. The number of benzene rings is 2. The summed E-state index contributed by atoms with van der Waals surface area (Å²) in [4.78, 5) is 11.7. The van der Waals surface area contributed by atoms with Gasteiger partial charge in [-0.25, -0.2) is 0 Å². The number of carbonyl (C=O) groups excluding carboxylic acids is 1. The minimum Gasteiger partial charge on any atom is -0.457 e. The molecule has 0 saturated carbocycles. The Morgan fingerprint density at radius 3 is 2.42 bits per heavy atom. The van der Waals surface area contributed by atoms with E-state index >= 15 is 0 Å². The molecular formula is C16H13BrO2. The minimum absolute atomic E-state index is 0.0745. The first-order chi connectivity index (χ1) is 9.25. The Morgan fingerprint density at radius 2 is 1.68 bits per heavy atom. The highest BCUT2D eigenvalue weighted by atomic mass is 79.9. The second kappa shape index (κ2) is 5.17. The lowest BCUT2D eigenvalue weighted by atomic mass is 9.89. The molecule has 1 aliphatic rings. The summed E-state index contributed by atoms with van der Waals surface area (Å²) in [6, 6.07) is 17.9. The lowest BCUT2D eigenvalue weighted by Gasteiger charge is -2.19. The van der Waals surface area contributed by atoms with E-state index in [4.69, 9.17) is 4.74 Å². The first kappa shape index (κ1) is 12.4. The zero-order valence-corrected chi connectivity index (χ0v) is 11.8. The van der Waals surface area contributed by atoms with Gasteiger partial charge in [-0.2, -0.15) is 0 Å². The van der Waals surface area contributed by atoms with Gasteiger partial charge in [0.25, 0.3) is 0 Å². The van der Waals surface area contributed by atoms with E-state index in [0.29, 0.717) is 6.42 Å². The Hall–Kier alpha value is -1.61. The van der Waals surface area contributed by atoms with Crippen LogP contribution in [0.1, 0.15) is 29.6 Å². The predicted molar refractivity (Wildman–Crippen MR) is 76.8 cm³/mol. The molecule has 19 heavy (non-hydrogen) atoms. The summed E-state index contributed by atoms with van der Waals surface area (Å²) in [5.74, 6) is -0.0555. The molecular weight excluding hydrogens is 304 g/mol. The maximum Gasteiger partial charge on any atom is 0.307 e. The fraction of sp³-hybridized carbons (Fsp3) is 0.188. The van der Waals surface area contributed by atoms with Crippen LogP contribution in [0.4, 0.5) is 0 Å². The summed E-state index contributed by atoms with van der Waals surface area (Å²) in [6.45, 7) is 0. The molecule has 1 aliphatic heterocycles. The quantitative estimate of drug-likeness (QED) is 0.775. The second-order valence-corrected chi connectivity index (χ2v) is 5.51. The van der Waals surface area contributed by atoms with Crippen molar-refractivity contribution in [3.8, 4) is 0 Å². The van der Waals surface area contributed by atoms with Crippen LogP contribution in [0.25, 0.3) is 0 Å². The molecule has 2 aromatic rings. The highest BCUT2D eigenvalue weighted by molar-refractivity contribution is 9.10. The number of hydrogen-bond acceptors (Lipinski definition) is 2. The number of rotatable bonds is 2. The van der Waals surface area contributed by atoms with Crippen molar-refractivity contribution >= 4 is 21.9 Å². The van der Waals surface area contributed by atoms with Crippen molar-refractivity contribution in [2.75, 3.05) is 0 Å². The van der Waals surface area contributed by atoms with Crippen LogP contribution < -0.4 is 0 Å². The number of ether oxygens (including phenoxy) is 1. The van der Waals surface area contributed by atoms with Gasteiger partial charge in [0.05, 0.1) is 6.42 Å². The third-order valence-electron chi connectivity index (χ3n) is 3.44. The van der Waals surface area contributed by atoms with Crippen LogP contribution in [-0.4, -0.2) is 5.97 Å². The normalized spacial score (nSPS) is 22.3. The Bertz CT molecular complexity index is 595. The molecule has 0 unspecified atom stereocenters. The molecule has 3 heteroatoms. The zero-order valence-electron chi connectivity index (χ0n) is 10.3. The van der Waals surface area contributed by atoms with Gasteiger partial charge >= 0.3 is 5.97 Å². The predicted octanol–water partition coefficient (Wildman–Crippen LogP) is 4.22. The summed E-state index contributed by atoms with van der Waals surface area (Å²) in [7, 11) is 0. The van der Waals surface area contributed by atoms with Gasteiger partial charge in [0.15, 0.2) is 0 Å². The molecule has 0 aromatic heterocycles. The average Bonchev–Trinajstić information content (AvgIpc) is 2.82. The monoisotopic (exact) mass is 316 g/mol. The van der Waals surface area contributed by atoms with Gasteiger partial charge in [0, 0.05) is 10.4 Å². The number of carbonyl (C=O) groups is 1. The smallest absolute Gasteiger partial charge is 0.307 e. The number of halogens is 1. The standard InChI is InChI=1S/C16H13BrO2/c17-14-9-5-4-8-12(14)13-10-15(18)19-16(13)11-6-2-1-3-7-11/h1-9,13,16H,10H2/t13-,16-/m0/s1. The van der Waals surface area contributed by atoms with Crippen LogP contribution in [0.15, 0.2) is 59.1 Å². The molecule has 0 radical (unpaired) electrons. The number of hydrogen-bond donors (Lipinski definition) is 0. The van der Waals surface area contributed by atoms with Crippen LogP contribution in [0.2, 0.25) is 0 Å². The molecule has 2 atom stereocenters. The first-order valence-electron chi connectivity index (χ1n) is 6.24. The van der Waals surface area contributed by atoms with Gasteiger partial charge in [-0.3, -0.25) is 4.79 Å². The molecule has 2 aromatic carbocycles. The lowest BCUT2D eigenvalue weighted by molar-refractivity contribution is -0.141. The van der Waals surface area contributed by atoms with E-state index in [1.807, 2.05) is 54.6 Å². The molecule has 0 bridgehead atoms. The summed E-state index contributed by atoms with van der Waals surface area (Å²) in [5, 5.41) is 0. The summed E-state index contributed by atoms with van der Waals surface area (Å²) >= 11 is 3.56. The van der Waals surface area contributed by atoms with Crippen LogP contribution in [0.3, 0.4) is 0 Å². The van der Waals surface area contributed by atoms with Crippen molar-refractivity contribution in [1.82, 2.24) is 0 Å². The average molecular weight is 317 g/mol. The van der Waals surface area contributed by atoms with Gasteiger partial charge in [0.1, 0.15) is 6.10 Å². The summed E-state index contributed by atoms with van der Waals surface area (Å²) < 4.78 is 6.54. The van der Waals surface area contributed by atoms with E-state index in [1.54, 1.807) is 0 Å². The maximum atomic E-state index is 11.7. The van der Waals surface area contributed by atoms with Crippen molar-refractivity contribution in [1.29, 1.82) is 0 Å². The second-order valence-electron chi connectivity index (χ2n) is 4.65. The number of cyclic esters (lactones) is 1. The molecule has 2 nitrogen and oxygen atoms in total. The van der Waals surface area contributed by atoms with Crippen molar-refractivity contribution in [3.63, 3.8) is 0 Å². The van der Waals surface area contributed by atoms with E-state index in [9.17, 15) is 4.79 Å². The molecule has 0 N–H and O–H groups in total.